The van der Waals surface area contributed by atoms with E-state index in [1.54, 1.807) is 5.21 Å². The molecule has 0 aromatic carbocycles. The van der Waals surface area contributed by atoms with Gasteiger partial charge in [-0.25, -0.2) is 0 Å². The van der Waals surface area contributed by atoms with E-state index in [0.717, 1.165) is 4.48 Å². The fourth-order valence-electron chi connectivity index (χ4n) is 1.53. The Bertz CT molecular complexity index is 123. The molecule has 0 radical (unpaired) electrons. The normalized spacial score (nSPS) is 13.3. The predicted molar refractivity (Wildman–Crippen MR) is 69.5 cm³/mol. The molecular weight excluding hydrogens is 233 g/mol. The minimum atomic E-state index is -1.06. The molecule has 0 aliphatic rings. The molecule has 0 aliphatic carbocycles. The monoisotopic (exact) mass is 263 g/mol. The molecule has 86 valence electrons. The van der Waals surface area contributed by atoms with Crippen LogP contribution in [0.25, 0.3) is 0 Å². The van der Waals surface area contributed by atoms with Gasteiger partial charge in [0.25, 0.3) is 0 Å². The average molecular weight is 263 g/mol. The summed E-state index contributed by atoms with van der Waals surface area (Å²) in [7, 11) is 6.84. The van der Waals surface area contributed by atoms with E-state index in [4.69, 9.17) is 0 Å². The summed E-state index contributed by atoms with van der Waals surface area (Å²) in [6, 6.07) is 0. The van der Waals surface area contributed by atoms with Gasteiger partial charge in [-0.1, -0.05) is 0 Å². The molecule has 0 aromatic rings. The molecule has 14 heavy (non-hydrogen) atoms. The van der Waals surface area contributed by atoms with E-state index >= 15 is 0 Å². The van der Waals surface area contributed by atoms with Crippen molar-refractivity contribution >= 4 is 13.6 Å². The summed E-state index contributed by atoms with van der Waals surface area (Å²) in [6.45, 7) is 1.33. The fourth-order valence-corrected chi connectivity index (χ4v) is 3.99. The van der Waals surface area contributed by atoms with E-state index in [0.29, 0.717) is 0 Å². The molecular formula is C12H30AsN+2. The molecule has 0 amide bonds. The van der Waals surface area contributed by atoms with E-state index in [1.165, 1.54) is 32.2 Å². The zero-order chi connectivity index (χ0) is 11.2. The molecule has 0 saturated carbocycles. The van der Waals surface area contributed by atoms with Crippen LogP contribution in [0.2, 0.25) is 22.3 Å². The van der Waals surface area contributed by atoms with Crippen molar-refractivity contribution in [3.63, 3.8) is 0 Å². The number of rotatable bonds is 7. The second kappa shape index (κ2) is 6.18. The van der Waals surface area contributed by atoms with Gasteiger partial charge in [0.05, 0.1) is 0 Å². The number of hydrogen-bond acceptors (Lipinski definition) is 0. The van der Waals surface area contributed by atoms with Gasteiger partial charge in [0.15, 0.2) is 0 Å². The van der Waals surface area contributed by atoms with Gasteiger partial charge in [0.1, 0.15) is 0 Å². The standard InChI is InChI=1S/C12H30AsN/c1-13(2,3)11-9-7-8-10-12-14(4,5)6/h7-12H2,1-6H3/q+2. The Morgan fingerprint density at radius 2 is 1.29 bits per heavy atom. The Balaban J connectivity index is 3.23. The Labute approximate surface area is 93.9 Å². The molecule has 0 unspecified atom stereocenters. The maximum absolute atomic E-state index is 2.50. The van der Waals surface area contributed by atoms with Gasteiger partial charge in [-0.15, -0.1) is 0 Å². The molecule has 0 spiro atoms. The second-order valence-corrected chi connectivity index (χ2v) is 17.0. The minimum absolute atomic E-state index is 1.06. The van der Waals surface area contributed by atoms with Gasteiger partial charge in [0.2, 0.25) is 0 Å². The summed E-state index contributed by atoms with van der Waals surface area (Å²) in [5.41, 5.74) is 7.51. The van der Waals surface area contributed by atoms with Gasteiger partial charge in [-0.3, -0.25) is 0 Å². The molecule has 2 heteroatoms. The molecule has 0 bridgehead atoms. The second-order valence-electron chi connectivity index (χ2n) is 6.44. The van der Waals surface area contributed by atoms with Gasteiger partial charge in [-0.05, 0) is 0 Å². The maximum atomic E-state index is 2.50. The van der Waals surface area contributed by atoms with E-state index in [-0.39, 0.29) is 0 Å². The summed E-state index contributed by atoms with van der Waals surface area (Å²) in [5.74, 6) is 0. The van der Waals surface area contributed by atoms with Crippen LogP contribution < -0.4 is 0 Å². The van der Waals surface area contributed by atoms with Crippen LogP contribution in [0.4, 0.5) is 0 Å². The van der Waals surface area contributed by atoms with Crippen molar-refractivity contribution in [2.45, 2.75) is 48.0 Å². The number of unbranched alkanes of at least 4 members (excludes halogenated alkanes) is 3. The summed E-state index contributed by atoms with van der Waals surface area (Å²) in [4.78, 5) is 0. The Morgan fingerprint density at radius 3 is 1.71 bits per heavy atom. The third-order valence-corrected chi connectivity index (χ3v) is 5.89. The van der Waals surface area contributed by atoms with E-state index < -0.39 is 13.6 Å². The molecule has 1 nitrogen and oxygen atoms in total. The topological polar surface area (TPSA) is 0 Å². The number of nitrogens with zero attached hydrogens (tertiary/aromatic N) is 1. The molecule has 0 rings (SSSR count). The molecule has 0 N–H and O–H groups in total. The van der Waals surface area contributed by atoms with Crippen LogP contribution in [-0.2, 0) is 0 Å². The molecule has 0 heterocycles. The average Bonchev–Trinajstić information content (AvgIpc) is 1.92. The van der Waals surface area contributed by atoms with Crippen LogP contribution in [0.1, 0.15) is 25.7 Å². The first-order valence-electron chi connectivity index (χ1n) is 5.82. The van der Waals surface area contributed by atoms with Crippen LogP contribution in [0.3, 0.4) is 0 Å². The van der Waals surface area contributed by atoms with Crippen LogP contribution in [0.15, 0.2) is 0 Å². The third-order valence-electron chi connectivity index (χ3n) is 2.41. The quantitative estimate of drug-likeness (QED) is 0.374. The Morgan fingerprint density at radius 1 is 0.786 bits per heavy atom. The molecule has 0 aromatic heterocycles. The van der Waals surface area contributed by atoms with Crippen molar-refractivity contribution in [2.75, 3.05) is 27.7 Å². The van der Waals surface area contributed by atoms with Gasteiger partial charge >= 0.3 is 93.7 Å². The van der Waals surface area contributed by atoms with Crippen molar-refractivity contribution < 1.29 is 4.48 Å². The van der Waals surface area contributed by atoms with Gasteiger partial charge < -0.3 is 0 Å². The van der Waals surface area contributed by atoms with Crippen molar-refractivity contribution in [1.82, 2.24) is 0 Å². The number of hydrogen-bond donors (Lipinski definition) is 0. The Hall–Kier alpha value is 0.518. The third kappa shape index (κ3) is 12.5. The SMILES string of the molecule is C[N+](C)(C)CCCCCC[As+](C)(C)C. The van der Waals surface area contributed by atoms with Crippen LogP contribution in [-0.4, -0.2) is 45.7 Å². The van der Waals surface area contributed by atoms with E-state index in [9.17, 15) is 0 Å². The summed E-state index contributed by atoms with van der Waals surface area (Å²) >= 11 is -1.06. The van der Waals surface area contributed by atoms with E-state index in [1.807, 2.05) is 0 Å². The predicted octanol–water partition coefficient (Wildman–Crippen LogP) is 3.59. The fraction of sp³-hybridized carbons (Fsp3) is 1.00. The first-order valence-corrected chi connectivity index (χ1v) is 12.8. The summed E-state index contributed by atoms with van der Waals surface area (Å²) in [6.07, 6.45) is 5.77. The summed E-state index contributed by atoms with van der Waals surface area (Å²) in [5, 5.41) is 1.54. The number of quaternary nitrogens is 1. The zero-order valence-electron chi connectivity index (χ0n) is 11.1. The van der Waals surface area contributed by atoms with Crippen molar-refractivity contribution in [1.29, 1.82) is 0 Å². The van der Waals surface area contributed by atoms with Gasteiger partial charge in [-0.2, -0.15) is 0 Å². The molecule has 0 saturated heterocycles. The van der Waals surface area contributed by atoms with Crippen molar-refractivity contribution in [3.05, 3.63) is 0 Å². The van der Waals surface area contributed by atoms with Crippen LogP contribution in [0.5, 0.6) is 0 Å². The zero-order valence-corrected chi connectivity index (χ0v) is 13.0. The first-order chi connectivity index (χ1) is 6.21. The molecule has 0 atom stereocenters. The van der Waals surface area contributed by atoms with Crippen molar-refractivity contribution in [2.24, 2.45) is 0 Å². The summed E-state index contributed by atoms with van der Waals surface area (Å²) < 4.78 is 1.12. The van der Waals surface area contributed by atoms with Crippen LogP contribution >= 0.6 is 0 Å². The van der Waals surface area contributed by atoms with Gasteiger partial charge in [0, 0.05) is 0 Å². The Kier molecular flexibility index (Phi) is 6.41. The van der Waals surface area contributed by atoms with Crippen LogP contribution in [0, 0.1) is 0 Å². The molecule has 0 fully saturated rings. The first kappa shape index (κ1) is 14.5. The molecule has 0 aliphatic heterocycles. The van der Waals surface area contributed by atoms with E-state index in [2.05, 4.69) is 38.3 Å². The van der Waals surface area contributed by atoms with Crippen molar-refractivity contribution in [3.8, 4) is 0 Å².